The lowest BCUT2D eigenvalue weighted by Gasteiger charge is -2.20. The Kier molecular flexibility index (Phi) is 3.75. The zero-order valence-corrected chi connectivity index (χ0v) is 13.7. The number of hydrogen-bond donors (Lipinski definition) is 1. The minimum atomic E-state index is -0.269. The molecule has 0 atom stereocenters. The average molecular weight is 316 g/mol. The number of oxazole rings is 1. The van der Waals surface area contributed by atoms with E-state index in [-0.39, 0.29) is 24.7 Å². The molecule has 0 saturated carbocycles. The number of nitrogens with zero attached hydrogens (tertiary/aromatic N) is 1. The summed E-state index contributed by atoms with van der Waals surface area (Å²) in [5.74, 6) is 2.42. The van der Waals surface area contributed by atoms with E-state index in [0.717, 1.165) is 5.56 Å². The van der Waals surface area contributed by atoms with Crippen LogP contribution in [0.25, 0.3) is 11.5 Å². The van der Waals surface area contributed by atoms with Crippen LogP contribution in [-0.4, -0.2) is 23.2 Å². The number of benzene rings is 1. The van der Waals surface area contributed by atoms with Gasteiger partial charge in [0.2, 0.25) is 18.6 Å². The lowest BCUT2D eigenvalue weighted by molar-refractivity contribution is -0.121. The molecule has 1 N–H and O–H groups in total. The molecule has 0 saturated heterocycles. The fraction of sp³-hybridized carbons (Fsp3) is 0.412. The third kappa shape index (κ3) is 3.47. The van der Waals surface area contributed by atoms with Gasteiger partial charge in [-0.1, -0.05) is 0 Å². The van der Waals surface area contributed by atoms with Crippen molar-refractivity contribution in [2.24, 2.45) is 0 Å². The van der Waals surface area contributed by atoms with Crippen LogP contribution >= 0.6 is 0 Å². The van der Waals surface area contributed by atoms with E-state index in [0.29, 0.717) is 28.8 Å². The summed E-state index contributed by atoms with van der Waals surface area (Å²) in [7, 11) is 0. The van der Waals surface area contributed by atoms with Gasteiger partial charge >= 0.3 is 0 Å². The maximum Gasteiger partial charge on any atom is 0.231 e. The standard InChI is InChI=1S/C17H20N2O4/c1-10-12(8-15(20)19-17(2,3)4)18-16(23-10)11-5-6-13-14(7-11)22-9-21-13/h5-7H,8-9H2,1-4H3,(H,19,20). The minimum Gasteiger partial charge on any atom is -0.454 e. The Hall–Kier alpha value is -2.50. The van der Waals surface area contributed by atoms with Crippen molar-refractivity contribution in [1.82, 2.24) is 10.3 Å². The average Bonchev–Trinajstić information content (AvgIpc) is 3.03. The number of carbonyl (C=O) groups is 1. The van der Waals surface area contributed by atoms with E-state index in [2.05, 4.69) is 10.3 Å². The van der Waals surface area contributed by atoms with Gasteiger partial charge in [-0.25, -0.2) is 4.98 Å². The Labute approximate surface area is 134 Å². The minimum absolute atomic E-state index is 0.0777. The first-order valence-corrected chi connectivity index (χ1v) is 7.49. The van der Waals surface area contributed by atoms with Gasteiger partial charge in [0, 0.05) is 11.1 Å². The van der Waals surface area contributed by atoms with Crippen molar-refractivity contribution in [2.75, 3.05) is 6.79 Å². The highest BCUT2D eigenvalue weighted by molar-refractivity contribution is 5.79. The molecule has 6 heteroatoms. The summed E-state index contributed by atoms with van der Waals surface area (Å²) in [6.45, 7) is 7.86. The van der Waals surface area contributed by atoms with Gasteiger partial charge in [-0.3, -0.25) is 4.79 Å². The predicted octanol–water partition coefficient (Wildman–Crippen LogP) is 2.84. The Bertz CT molecular complexity index is 744. The third-order valence-electron chi connectivity index (χ3n) is 3.35. The van der Waals surface area contributed by atoms with E-state index in [9.17, 15) is 4.79 Å². The molecule has 1 aliphatic rings. The van der Waals surface area contributed by atoms with Crippen molar-refractivity contribution in [3.8, 4) is 23.0 Å². The number of amides is 1. The highest BCUT2D eigenvalue weighted by Crippen LogP contribution is 2.36. The molecule has 0 aliphatic carbocycles. The zero-order chi connectivity index (χ0) is 16.6. The SMILES string of the molecule is Cc1oc(-c2ccc3c(c2)OCO3)nc1CC(=O)NC(C)(C)C. The first-order chi connectivity index (χ1) is 10.8. The van der Waals surface area contributed by atoms with Gasteiger partial charge < -0.3 is 19.2 Å². The van der Waals surface area contributed by atoms with E-state index >= 15 is 0 Å². The van der Waals surface area contributed by atoms with Crippen molar-refractivity contribution in [3.05, 3.63) is 29.7 Å². The number of fused-ring (bicyclic) bond motifs is 1. The summed E-state index contributed by atoms with van der Waals surface area (Å²) in [5.41, 5.74) is 1.16. The molecule has 122 valence electrons. The van der Waals surface area contributed by atoms with Crippen molar-refractivity contribution in [3.63, 3.8) is 0 Å². The monoisotopic (exact) mass is 316 g/mol. The summed E-state index contributed by atoms with van der Waals surface area (Å²) in [6.07, 6.45) is 0.192. The van der Waals surface area contributed by atoms with Gasteiger partial charge in [-0.15, -0.1) is 0 Å². The molecule has 2 aromatic rings. The van der Waals surface area contributed by atoms with E-state index < -0.39 is 0 Å². The Morgan fingerprint density at radius 2 is 2.00 bits per heavy atom. The number of ether oxygens (including phenoxy) is 2. The highest BCUT2D eigenvalue weighted by Gasteiger charge is 2.20. The molecular weight excluding hydrogens is 296 g/mol. The van der Waals surface area contributed by atoms with Gasteiger partial charge in [0.1, 0.15) is 5.76 Å². The van der Waals surface area contributed by atoms with Crippen LogP contribution in [0.4, 0.5) is 0 Å². The second-order valence-electron chi connectivity index (χ2n) is 6.56. The first kappa shape index (κ1) is 15.4. The number of aromatic nitrogens is 1. The third-order valence-corrected chi connectivity index (χ3v) is 3.35. The number of aryl methyl sites for hydroxylation is 1. The summed E-state index contributed by atoms with van der Waals surface area (Å²) < 4.78 is 16.4. The summed E-state index contributed by atoms with van der Waals surface area (Å²) in [4.78, 5) is 16.5. The molecular formula is C17H20N2O4. The summed E-state index contributed by atoms with van der Waals surface area (Å²) >= 11 is 0. The second kappa shape index (κ2) is 5.61. The fourth-order valence-corrected chi connectivity index (χ4v) is 2.36. The molecule has 1 aromatic heterocycles. The number of nitrogens with one attached hydrogen (secondary N) is 1. The maximum atomic E-state index is 12.1. The van der Waals surface area contributed by atoms with Crippen LogP contribution in [0.1, 0.15) is 32.2 Å². The van der Waals surface area contributed by atoms with E-state index in [1.165, 1.54) is 0 Å². The van der Waals surface area contributed by atoms with Gasteiger partial charge in [0.15, 0.2) is 11.5 Å². The van der Waals surface area contributed by atoms with Gasteiger partial charge in [0.25, 0.3) is 0 Å². The Balaban J connectivity index is 1.80. The van der Waals surface area contributed by atoms with Crippen LogP contribution in [0.5, 0.6) is 11.5 Å². The van der Waals surface area contributed by atoms with Crippen LogP contribution in [0.2, 0.25) is 0 Å². The Morgan fingerprint density at radius 3 is 2.74 bits per heavy atom. The fourth-order valence-electron chi connectivity index (χ4n) is 2.36. The van der Waals surface area contributed by atoms with Crippen LogP contribution in [0.15, 0.2) is 22.6 Å². The van der Waals surface area contributed by atoms with Crippen LogP contribution in [0, 0.1) is 6.92 Å². The molecule has 6 nitrogen and oxygen atoms in total. The van der Waals surface area contributed by atoms with Crippen LogP contribution < -0.4 is 14.8 Å². The molecule has 0 spiro atoms. The maximum absolute atomic E-state index is 12.1. The molecule has 1 aliphatic heterocycles. The molecule has 3 rings (SSSR count). The van der Waals surface area contributed by atoms with Crippen LogP contribution in [0.3, 0.4) is 0 Å². The molecule has 1 aromatic carbocycles. The normalized spacial score (nSPS) is 13.2. The molecule has 0 radical (unpaired) electrons. The van der Waals surface area contributed by atoms with Crippen LogP contribution in [-0.2, 0) is 11.2 Å². The van der Waals surface area contributed by atoms with Crippen molar-refractivity contribution in [1.29, 1.82) is 0 Å². The molecule has 2 heterocycles. The highest BCUT2D eigenvalue weighted by atomic mass is 16.7. The molecule has 1 amide bonds. The lowest BCUT2D eigenvalue weighted by Crippen LogP contribution is -2.41. The number of hydrogen-bond acceptors (Lipinski definition) is 5. The van der Waals surface area contributed by atoms with Gasteiger partial charge in [-0.2, -0.15) is 0 Å². The molecule has 0 fully saturated rings. The van der Waals surface area contributed by atoms with Gasteiger partial charge in [-0.05, 0) is 45.9 Å². The molecule has 0 bridgehead atoms. The van der Waals surface area contributed by atoms with E-state index in [1.807, 2.05) is 45.9 Å². The van der Waals surface area contributed by atoms with E-state index in [1.54, 1.807) is 0 Å². The first-order valence-electron chi connectivity index (χ1n) is 7.49. The summed E-state index contributed by atoms with van der Waals surface area (Å²) in [5, 5.41) is 2.92. The quantitative estimate of drug-likeness (QED) is 0.942. The summed E-state index contributed by atoms with van der Waals surface area (Å²) in [6, 6.07) is 5.51. The predicted molar refractivity (Wildman–Crippen MR) is 84.4 cm³/mol. The van der Waals surface area contributed by atoms with Crippen molar-refractivity contribution < 1.29 is 18.7 Å². The van der Waals surface area contributed by atoms with Crippen molar-refractivity contribution >= 4 is 5.91 Å². The van der Waals surface area contributed by atoms with Gasteiger partial charge in [0.05, 0.1) is 12.1 Å². The van der Waals surface area contributed by atoms with Crippen molar-refractivity contribution in [2.45, 2.75) is 39.7 Å². The molecule has 0 unspecified atom stereocenters. The number of carbonyl (C=O) groups excluding carboxylic acids is 1. The second-order valence-corrected chi connectivity index (χ2v) is 6.56. The smallest absolute Gasteiger partial charge is 0.231 e. The topological polar surface area (TPSA) is 73.6 Å². The molecule has 23 heavy (non-hydrogen) atoms. The lowest BCUT2D eigenvalue weighted by atomic mass is 10.1. The van der Waals surface area contributed by atoms with E-state index in [4.69, 9.17) is 13.9 Å². The number of rotatable bonds is 3. The zero-order valence-electron chi connectivity index (χ0n) is 13.7. The largest absolute Gasteiger partial charge is 0.454 e. The Morgan fingerprint density at radius 1 is 1.26 bits per heavy atom.